The summed E-state index contributed by atoms with van der Waals surface area (Å²) < 4.78 is 0. The van der Waals surface area contributed by atoms with Gasteiger partial charge >= 0.3 is 0 Å². The molecular formula is C22H31ClO5. The van der Waals surface area contributed by atoms with Crippen molar-refractivity contribution in [3.8, 4) is 0 Å². The summed E-state index contributed by atoms with van der Waals surface area (Å²) in [6.45, 7) is 5.19. The van der Waals surface area contributed by atoms with E-state index in [0.29, 0.717) is 32.1 Å². The lowest BCUT2D eigenvalue weighted by Gasteiger charge is -2.61. The summed E-state index contributed by atoms with van der Waals surface area (Å²) in [5.74, 6) is -0.686. The molecule has 0 aromatic heterocycles. The maximum absolute atomic E-state index is 12.6. The zero-order valence-electron chi connectivity index (χ0n) is 16.8. The van der Waals surface area contributed by atoms with Crippen molar-refractivity contribution in [2.45, 2.75) is 70.0 Å². The Labute approximate surface area is 171 Å². The average Bonchev–Trinajstić information content (AvgIpc) is 2.83. The van der Waals surface area contributed by atoms with Gasteiger partial charge in [-0.3, -0.25) is 9.59 Å². The Hall–Kier alpha value is -0.750. The number of rotatable bonds is 2. The molecule has 0 unspecified atom stereocenters. The number of carbonyl (C=O) groups excluding carboxylic acids is 2. The molecule has 5 nitrogen and oxygen atoms in total. The first kappa shape index (κ1) is 20.5. The Balaban J connectivity index is 1.80. The quantitative estimate of drug-likeness (QED) is 0.607. The van der Waals surface area contributed by atoms with E-state index in [1.54, 1.807) is 6.08 Å². The highest BCUT2D eigenvalue weighted by atomic mass is 35.5. The Morgan fingerprint density at radius 2 is 2.00 bits per heavy atom. The second kappa shape index (κ2) is 6.37. The van der Waals surface area contributed by atoms with Crippen LogP contribution in [0.3, 0.4) is 0 Å². The van der Waals surface area contributed by atoms with Gasteiger partial charge in [-0.2, -0.15) is 0 Å². The van der Waals surface area contributed by atoms with E-state index in [1.807, 2.05) is 13.8 Å². The molecule has 0 aliphatic heterocycles. The van der Waals surface area contributed by atoms with Crippen LogP contribution < -0.4 is 0 Å². The number of aliphatic hydroxyl groups is 3. The fourth-order valence-electron chi connectivity index (χ4n) is 7.74. The standard InChI is InChI=1S/C22H31ClO5/c1-11-6-14-13-8-16(23)15-7-12(25)4-5-20(15,2)19(13)17(26)9-21(14,3)22(11,28)18(27)10-24/h7,11,13-14,16-17,19,24,26,28H,4-6,8-10H2,1-3H3/t11-,13+,14+,16+,17+,19-,20+,21+,22+/m1/s1. The maximum atomic E-state index is 12.6. The first-order valence-corrected chi connectivity index (χ1v) is 10.9. The van der Waals surface area contributed by atoms with Crippen LogP contribution >= 0.6 is 11.6 Å². The van der Waals surface area contributed by atoms with Crippen molar-refractivity contribution in [3.63, 3.8) is 0 Å². The lowest BCUT2D eigenvalue weighted by molar-refractivity contribution is -0.186. The number of Topliss-reactive ketones (excluding diaryl/α,β-unsaturated/α-hetero) is 1. The Morgan fingerprint density at radius 1 is 1.32 bits per heavy atom. The molecule has 0 aromatic carbocycles. The van der Waals surface area contributed by atoms with Crippen molar-refractivity contribution < 1.29 is 24.9 Å². The normalized spacial score (nSPS) is 53.1. The van der Waals surface area contributed by atoms with E-state index >= 15 is 0 Å². The lowest BCUT2D eigenvalue weighted by Crippen LogP contribution is -2.63. The third kappa shape index (κ3) is 2.36. The van der Waals surface area contributed by atoms with Crippen LogP contribution in [0.15, 0.2) is 11.6 Å². The highest BCUT2D eigenvalue weighted by molar-refractivity contribution is 6.23. The van der Waals surface area contributed by atoms with Crippen molar-refractivity contribution in [1.82, 2.24) is 0 Å². The van der Waals surface area contributed by atoms with Gasteiger partial charge in [0.2, 0.25) is 0 Å². The third-order valence-corrected chi connectivity index (χ3v) is 9.44. The predicted octanol–water partition coefficient (Wildman–Crippen LogP) is 2.24. The minimum absolute atomic E-state index is 0.0358. The molecule has 156 valence electrons. The van der Waals surface area contributed by atoms with Gasteiger partial charge < -0.3 is 15.3 Å². The summed E-state index contributed by atoms with van der Waals surface area (Å²) in [6, 6.07) is 0. The molecule has 3 N–H and O–H groups in total. The Morgan fingerprint density at radius 3 is 2.64 bits per heavy atom. The van der Waals surface area contributed by atoms with Gasteiger partial charge in [-0.05, 0) is 66.4 Å². The minimum Gasteiger partial charge on any atom is -0.393 e. The molecule has 9 atom stereocenters. The van der Waals surface area contributed by atoms with Crippen LogP contribution in [0.4, 0.5) is 0 Å². The van der Waals surface area contributed by atoms with Gasteiger partial charge in [-0.25, -0.2) is 0 Å². The number of carbonyl (C=O) groups is 2. The fraction of sp³-hybridized carbons (Fsp3) is 0.818. The molecule has 3 fully saturated rings. The van der Waals surface area contributed by atoms with Gasteiger partial charge in [0.25, 0.3) is 0 Å². The smallest absolute Gasteiger partial charge is 0.190 e. The van der Waals surface area contributed by atoms with E-state index in [4.69, 9.17) is 11.6 Å². The number of ketones is 2. The number of allylic oxidation sites excluding steroid dienone is 1. The number of halogens is 1. The van der Waals surface area contributed by atoms with Crippen molar-refractivity contribution >= 4 is 23.2 Å². The predicted molar refractivity (Wildman–Crippen MR) is 105 cm³/mol. The van der Waals surface area contributed by atoms with Gasteiger partial charge in [-0.1, -0.05) is 20.8 Å². The van der Waals surface area contributed by atoms with Gasteiger partial charge in [0, 0.05) is 11.8 Å². The molecule has 0 amide bonds. The first-order valence-electron chi connectivity index (χ1n) is 10.4. The highest BCUT2D eigenvalue weighted by Gasteiger charge is 2.71. The molecule has 4 aliphatic rings. The fourth-order valence-corrected chi connectivity index (χ4v) is 8.26. The van der Waals surface area contributed by atoms with Crippen molar-refractivity contribution in [1.29, 1.82) is 0 Å². The second-order valence-electron chi connectivity index (χ2n) is 10.2. The van der Waals surface area contributed by atoms with Gasteiger partial charge in [0.1, 0.15) is 12.2 Å². The zero-order chi connectivity index (χ0) is 20.6. The van der Waals surface area contributed by atoms with Crippen LogP contribution in [0.25, 0.3) is 0 Å². The summed E-state index contributed by atoms with van der Waals surface area (Å²) in [5.41, 5.74) is -1.83. The van der Waals surface area contributed by atoms with Gasteiger partial charge in [0.05, 0.1) is 11.5 Å². The van der Waals surface area contributed by atoms with Crippen LogP contribution in [0, 0.1) is 34.5 Å². The van der Waals surface area contributed by atoms with Gasteiger partial charge in [0.15, 0.2) is 11.6 Å². The monoisotopic (exact) mass is 410 g/mol. The average molecular weight is 411 g/mol. The number of hydrogen-bond donors (Lipinski definition) is 3. The van der Waals surface area contributed by atoms with Crippen LogP contribution in [-0.2, 0) is 9.59 Å². The SMILES string of the molecule is C[C@@H]1C[C@H]2[C@@H]3C[C@H](Cl)C4=CC(=O)CC[C@]4(C)[C@H]3[C@@H](O)C[C@]2(C)[C@@]1(O)C(=O)CO. The van der Waals surface area contributed by atoms with E-state index in [9.17, 15) is 24.9 Å². The Bertz CT molecular complexity index is 749. The largest absolute Gasteiger partial charge is 0.393 e. The first-order chi connectivity index (χ1) is 13.0. The second-order valence-corrected chi connectivity index (χ2v) is 10.7. The zero-order valence-corrected chi connectivity index (χ0v) is 17.6. The van der Waals surface area contributed by atoms with E-state index in [2.05, 4.69) is 6.92 Å². The maximum Gasteiger partial charge on any atom is 0.190 e. The van der Waals surface area contributed by atoms with Crippen LogP contribution in [0.2, 0.25) is 0 Å². The summed E-state index contributed by atoms with van der Waals surface area (Å²) in [6.07, 6.45) is 3.76. The van der Waals surface area contributed by atoms with Crippen molar-refractivity contribution in [3.05, 3.63) is 11.6 Å². The summed E-state index contributed by atoms with van der Waals surface area (Å²) in [5, 5.41) is 32.0. The van der Waals surface area contributed by atoms with Crippen molar-refractivity contribution in [2.75, 3.05) is 6.61 Å². The molecule has 0 bridgehead atoms. The third-order valence-electron chi connectivity index (χ3n) is 9.02. The molecule has 0 heterocycles. The number of alkyl halides is 1. The molecule has 4 rings (SSSR count). The van der Waals surface area contributed by atoms with Crippen LogP contribution in [0.1, 0.15) is 52.9 Å². The lowest BCUT2D eigenvalue weighted by atomic mass is 9.45. The van der Waals surface area contributed by atoms with E-state index in [1.165, 1.54) is 0 Å². The van der Waals surface area contributed by atoms with E-state index < -0.39 is 29.5 Å². The van der Waals surface area contributed by atoms with Crippen LogP contribution in [-0.4, -0.2) is 50.6 Å². The molecule has 4 aliphatic carbocycles. The number of aliphatic hydroxyl groups excluding tert-OH is 2. The highest BCUT2D eigenvalue weighted by Crippen LogP contribution is 2.69. The molecule has 3 saturated carbocycles. The topological polar surface area (TPSA) is 94.8 Å². The van der Waals surface area contributed by atoms with Crippen LogP contribution in [0.5, 0.6) is 0 Å². The van der Waals surface area contributed by atoms with Crippen molar-refractivity contribution in [2.24, 2.45) is 34.5 Å². The molecule has 0 radical (unpaired) electrons. The summed E-state index contributed by atoms with van der Waals surface area (Å²) in [7, 11) is 0. The molecule has 0 saturated heterocycles. The molecule has 28 heavy (non-hydrogen) atoms. The molecule has 0 aromatic rings. The molecule has 6 heteroatoms. The van der Waals surface area contributed by atoms with E-state index in [0.717, 1.165) is 5.57 Å². The van der Waals surface area contributed by atoms with E-state index in [-0.39, 0.29) is 40.2 Å². The number of fused-ring (bicyclic) bond motifs is 5. The summed E-state index contributed by atoms with van der Waals surface area (Å²) >= 11 is 6.77. The molecule has 0 spiro atoms. The van der Waals surface area contributed by atoms with Gasteiger partial charge in [-0.15, -0.1) is 11.6 Å². The molecular weight excluding hydrogens is 380 g/mol. The minimum atomic E-state index is -1.64. The Kier molecular flexibility index (Phi) is 4.67. The summed E-state index contributed by atoms with van der Waals surface area (Å²) in [4.78, 5) is 24.6. The number of hydrogen-bond acceptors (Lipinski definition) is 5.